The van der Waals surface area contributed by atoms with Crippen molar-refractivity contribution in [1.82, 2.24) is 4.90 Å². The van der Waals surface area contributed by atoms with E-state index < -0.39 is 5.63 Å². The molecule has 1 aliphatic heterocycles. The third-order valence-corrected chi connectivity index (χ3v) is 4.53. The Labute approximate surface area is 145 Å². The van der Waals surface area contributed by atoms with E-state index in [0.717, 1.165) is 15.8 Å². The normalized spacial score (nSPS) is 16.2. The summed E-state index contributed by atoms with van der Waals surface area (Å²) in [7, 11) is 1.92. The maximum atomic E-state index is 12.4. The molecule has 0 saturated carbocycles. The van der Waals surface area contributed by atoms with Crippen LogP contribution in [0.5, 0.6) is 5.75 Å². The van der Waals surface area contributed by atoms with E-state index in [9.17, 15) is 14.7 Å². The van der Waals surface area contributed by atoms with Gasteiger partial charge in [0, 0.05) is 35.7 Å². The van der Waals surface area contributed by atoms with Crippen LogP contribution in [0.15, 0.2) is 27.4 Å². The summed E-state index contributed by atoms with van der Waals surface area (Å²) >= 11 is 0. The largest absolute Gasteiger partial charge is 0.508 e. The molecule has 2 N–H and O–H groups in total. The second-order valence-electron chi connectivity index (χ2n) is 6.48. The van der Waals surface area contributed by atoms with Gasteiger partial charge in [-0.3, -0.25) is 4.79 Å². The summed E-state index contributed by atoms with van der Waals surface area (Å²) in [6, 6.07) is 4.80. The fourth-order valence-electron chi connectivity index (χ4n) is 3.13. The number of quaternary nitrogens is 1. The average Bonchev–Trinajstić information content (AvgIpc) is 2.59. The van der Waals surface area contributed by atoms with E-state index in [-0.39, 0.29) is 11.7 Å². The first-order valence-electron chi connectivity index (χ1n) is 8.38. The minimum Gasteiger partial charge on any atom is -0.508 e. The van der Waals surface area contributed by atoms with Gasteiger partial charge in [-0.05, 0) is 19.1 Å². The van der Waals surface area contributed by atoms with Crippen LogP contribution in [0, 0.1) is 6.92 Å². The Morgan fingerprint density at radius 1 is 1.32 bits per heavy atom. The number of rotatable bonds is 4. The van der Waals surface area contributed by atoms with E-state index in [0.29, 0.717) is 50.5 Å². The Morgan fingerprint density at radius 2 is 2.04 bits per heavy atom. The number of hydrogen-bond acceptors (Lipinski definition) is 5. The predicted molar refractivity (Wildman–Crippen MR) is 91.7 cm³/mol. The van der Waals surface area contributed by atoms with E-state index in [4.69, 9.17) is 9.15 Å². The van der Waals surface area contributed by atoms with Gasteiger partial charge in [-0.2, -0.15) is 0 Å². The number of morpholine rings is 1. The molecule has 1 aliphatic rings. The number of likely N-dealkylation sites (N-methyl/N-ethyl adjacent to an activating group) is 1. The quantitative estimate of drug-likeness (QED) is 0.741. The fraction of sp³-hybridized carbons (Fsp3) is 0.444. The van der Waals surface area contributed by atoms with Gasteiger partial charge in [-0.15, -0.1) is 0 Å². The molecule has 25 heavy (non-hydrogen) atoms. The number of amides is 1. The van der Waals surface area contributed by atoms with Crippen molar-refractivity contribution < 1.29 is 24.0 Å². The summed E-state index contributed by atoms with van der Waals surface area (Å²) < 4.78 is 10.5. The van der Waals surface area contributed by atoms with Crippen LogP contribution in [0.4, 0.5) is 0 Å². The molecule has 1 atom stereocenters. The van der Waals surface area contributed by atoms with Gasteiger partial charge >= 0.3 is 5.63 Å². The summed E-state index contributed by atoms with van der Waals surface area (Å²) in [5, 5.41) is 10.6. The minimum atomic E-state index is -0.455. The van der Waals surface area contributed by atoms with Crippen LogP contribution in [0.25, 0.3) is 11.0 Å². The molecular formula is C18H23N2O5+. The van der Waals surface area contributed by atoms with E-state index in [1.54, 1.807) is 19.1 Å². The standard InChI is InChI=1S/C18H22N2O5/c1-12-15(21)4-3-14-13(9-17(23)25-18(12)14)10-19(2)11-16(22)20-5-7-24-8-6-20/h3-4,9,21H,5-8,10-11H2,1-2H3/p+1. The van der Waals surface area contributed by atoms with Crippen molar-refractivity contribution in [2.24, 2.45) is 0 Å². The lowest BCUT2D eigenvalue weighted by atomic mass is 10.1. The van der Waals surface area contributed by atoms with E-state index in [1.165, 1.54) is 6.07 Å². The maximum Gasteiger partial charge on any atom is 0.336 e. The van der Waals surface area contributed by atoms with Gasteiger partial charge < -0.3 is 24.1 Å². The second kappa shape index (κ2) is 7.25. The molecule has 0 radical (unpaired) electrons. The van der Waals surface area contributed by atoms with Crippen molar-refractivity contribution in [1.29, 1.82) is 0 Å². The number of nitrogens with one attached hydrogen (secondary N) is 1. The highest BCUT2D eigenvalue weighted by molar-refractivity contribution is 5.84. The van der Waals surface area contributed by atoms with Crippen LogP contribution in [-0.4, -0.2) is 55.8 Å². The van der Waals surface area contributed by atoms with Crippen molar-refractivity contribution in [3.8, 4) is 5.75 Å². The summed E-state index contributed by atoms with van der Waals surface area (Å²) in [4.78, 5) is 27.0. The number of nitrogens with zero attached hydrogens (tertiary/aromatic N) is 1. The van der Waals surface area contributed by atoms with Gasteiger partial charge in [-0.1, -0.05) is 0 Å². The molecule has 134 valence electrons. The molecule has 2 aromatic rings. The molecule has 1 unspecified atom stereocenters. The van der Waals surface area contributed by atoms with Crippen molar-refractivity contribution in [3.05, 3.63) is 39.7 Å². The molecule has 0 spiro atoms. The van der Waals surface area contributed by atoms with E-state index >= 15 is 0 Å². The molecule has 1 aromatic carbocycles. The van der Waals surface area contributed by atoms with Crippen molar-refractivity contribution in [3.63, 3.8) is 0 Å². The lowest BCUT2D eigenvalue weighted by molar-refractivity contribution is -0.885. The number of aromatic hydroxyl groups is 1. The predicted octanol–water partition coefficient (Wildman–Crippen LogP) is -0.319. The van der Waals surface area contributed by atoms with Crippen LogP contribution in [-0.2, 0) is 16.1 Å². The first-order chi connectivity index (χ1) is 12.0. The summed E-state index contributed by atoms with van der Waals surface area (Å²) in [5.74, 6) is 0.179. The Morgan fingerprint density at radius 3 is 2.76 bits per heavy atom. The number of carbonyl (C=O) groups is 1. The van der Waals surface area contributed by atoms with Crippen molar-refractivity contribution in [2.45, 2.75) is 13.5 Å². The topological polar surface area (TPSA) is 84.4 Å². The number of ether oxygens (including phenoxy) is 1. The van der Waals surface area contributed by atoms with Crippen LogP contribution in [0.3, 0.4) is 0 Å². The molecule has 1 amide bonds. The lowest BCUT2D eigenvalue weighted by Gasteiger charge is -2.27. The Bertz CT molecular complexity index is 839. The Kier molecular flexibility index (Phi) is 5.06. The maximum absolute atomic E-state index is 12.4. The molecule has 0 bridgehead atoms. The molecule has 1 fully saturated rings. The summed E-state index contributed by atoms with van der Waals surface area (Å²) in [6.45, 7) is 4.99. The molecule has 7 heteroatoms. The number of carbonyl (C=O) groups excluding carboxylic acids is 1. The van der Waals surface area contributed by atoms with E-state index in [2.05, 4.69) is 0 Å². The molecule has 0 aliphatic carbocycles. The van der Waals surface area contributed by atoms with Crippen LogP contribution >= 0.6 is 0 Å². The van der Waals surface area contributed by atoms with Crippen LogP contribution in [0.1, 0.15) is 11.1 Å². The van der Waals surface area contributed by atoms with Crippen molar-refractivity contribution in [2.75, 3.05) is 39.9 Å². The molecule has 2 heterocycles. The zero-order valence-corrected chi connectivity index (χ0v) is 14.5. The number of phenols is 1. The zero-order valence-electron chi connectivity index (χ0n) is 14.5. The highest BCUT2D eigenvalue weighted by atomic mass is 16.5. The first-order valence-corrected chi connectivity index (χ1v) is 8.38. The van der Waals surface area contributed by atoms with Gasteiger partial charge in [0.05, 0.1) is 20.3 Å². The van der Waals surface area contributed by atoms with Crippen LogP contribution < -0.4 is 10.5 Å². The zero-order chi connectivity index (χ0) is 18.0. The van der Waals surface area contributed by atoms with Gasteiger partial charge in [-0.25, -0.2) is 4.79 Å². The van der Waals surface area contributed by atoms with Crippen LogP contribution in [0.2, 0.25) is 0 Å². The fourth-order valence-corrected chi connectivity index (χ4v) is 3.13. The lowest BCUT2D eigenvalue weighted by Crippen LogP contribution is -3.09. The number of aryl methyl sites for hydroxylation is 1. The Balaban J connectivity index is 1.79. The SMILES string of the molecule is Cc1c(O)ccc2c(C[NH+](C)CC(=O)N3CCOCC3)cc(=O)oc12. The smallest absolute Gasteiger partial charge is 0.336 e. The Hall–Kier alpha value is -2.38. The summed E-state index contributed by atoms with van der Waals surface area (Å²) in [5.41, 5.74) is 1.29. The highest BCUT2D eigenvalue weighted by Crippen LogP contribution is 2.26. The van der Waals surface area contributed by atoms with Crippen molar-refractivity contribution >= 4 is 16.9 Å². The van der Waals surface area contributed by atoms with Gasteiger partial charge in [0.1, 0.15) is 17.9 Å². The number of hydrogen-bond donors (Lipinski definition) is 2. The molecule has 7 nitrogen and oxygen atoms in total. The minimum absolute atomic E-state index is 0.0851. The monoisotopic (exact) mass is 347 g/mol. The summed E-state index contributed by atoms with van der Waals surface area (Å²) in [6.07, 6.45) is 0. The number of benzene rings is 1. The highest BCUT2D eigenvalue weighted by Gasteiger charge is 2.21. The van der Waals surface area contributed by atoms with Gasteiger partial charge in [0.15, 0.2) is 6.54 Å². The second-order valence-corrected chi connectivity index (χ2v) is 6.48. The number of phenolic OH excluding ortho intramolecular Hbond substituents is 1. The third-order valence-electron chi connectivity index (χ3n) is 4.53. The molecule has 1 saturated heterocycles. The van der Waals surface area contributed by atoms with Gasteiger partial charge in [0.2, 0.25) is 0 Å². The first kappa shape index (κ1) is 17.4. The molecule has 3 rings (SSSR count). The number of fused-ring (bicyclic) bond motifs is 1. The third kappa shape index (κ3) is 3.83. The molecular weight excluding hydrogens is 324 g/mol. The van der Waals surface area contributed by atoms with Gasteiger partial charge in [0.25, 0.3) is 5.91 Å². The van der Waals surface area contributed by atoms with E-state index in [1.807, 2.05) is 11.9 Å². The molecule has 1 aromatic heterocycles. The average molecular weight is 347 g/mol.